The number of alkyl halides is 3. The zero-order valence-corrected chi connectivity index (χ0v) is 18.4. The molecule has 0 atom stereocenters. The lowest BCUT2D eigenvalue weighted by molar-refractivity contribution is -0.138. The van der Waals surface area contributed by atoms with Gasteiger partial charge in [0.15, 0.2) is 0 Å². The molecular formula is C25H28F3N3O2. The van der Waals surface area contributed by atoms with E-state index in [1.807, 2.05) is 17.0 Å². The van der Waals surface area contributed by atoms with Gasteiger partial charge in [-0.1, -0.05) is 19.3 Å². The zero-order valence-electron chi connectivity index (χ0n) is 18.4. The maximum atomic E-state index is 12.7. The molecule has 176 valence electrons. The number of nitrogens with one attached hydrogen (secondary N) is 1. The van der Waals surface area contributed by atoms with Gasteiger partial charge in [-0.3, -0.25) is 9.59 Å². The molecule has 0 spiro atoms. The monoisotopic (exact) mass is 459 g/mol. The van der Waals surface area contributed by atoms with Gasteiger partial charge in [-0.2, -0.15) is 13.2 Å². The molecule has 0 aromatic heterocycles. The second-order valence-electron chi connectivity index (χ2n) is 8.72. The van der Waals surface area contributed by atoms with Gasteiger partial charge in [-0.15, -0.1) is 0 Å². The normalized spacial score (nSPS) is 17.7. The first kappa shape index (κ1) is 23.1. The fraction of sp³-hybridized carbons (Fsp3) is 0.440. The highest BCUT2D eigenvalue weighted by atomic mass is 19.4. The van der Waals surface area contributed by atoms with Crippen molar-refractivity contribution in [3.8, 4) is 0 Å². The fourth-order valence-corrected chi connectivity index (χ4v) is 4.56. The molecule has 0 bridgehead atoms. The highest BCUT2D eigenvalue weighted by molar-refractivity contribution is 6.04. The minimum atomic E-state index is -4.43. The van der Waals surface area contributed by atoms with Gasteiger partial charge in [0.05, 0.1) is 5.56 Å². The van der Waals surface area contributed by atoms with Crippen LogP contribution in [0.4, 0.5) is 24.5 Å². The van der Waals surface area contributed by atoms with Gasteiger partial charge in [0.1, 0.15) is 0 Å². The van der Waals surface area contributed by atoms with Gasteiger partial charge >= 0.3 is 6.18 Å². The molecule has 4 rings (SSSR count). The predicted molar refractivity (Wildman–Crippen MR) is 121 cm³/mol. The van der Waals surface area contributed by atoms with E-state index in [9.17, 15) is 22.8 Å². The molecule has 0 radical (unpaired) electrons. The molecule has 2 aromatic rings. The summed E-state index contributed by atoms with van der Waals surface area (Å²) >= 11 is 0. The topological polar surface area (TPSA) is 52.7 Å². The molecule has 2 aromatic carbocycles. The van der Waals surface area contributed by atoms with Crippen molar-refractivity contribution in [3.63, 3.8) is 0 Å². The Hall–Kier alpha value is -3.03. The minimum absolute atomic E-state index is 0.158. The van der Waals surface area contributed by atoms with E-state index in [-0.39, 0.29) is 11.5 Å². The van der Waals surface area contributed by atoms with E-state index in [1.54, 1.807) is 12.1 Å². The quantitative estimate of drug-likeness (QED) is 0.685. The number of piperazine rings is 1. The van der Waals surface area contributed by atoms with Crippen LogP contribution in [0.1, 0.15) is 48.0 Å². The number of halogens is 3. The number of amides is 2. The van der Waals surface area contributed by atoms with Gasteiger partial charge in [-0.25, -0.2) is 0 Å². The summed E-state index contributed by atoms with van der Waals surface area (Å²) in [5, 5.41) is 2.71. The maximum absolute atomic E-state index is 12.7. The molecule has 1 saturated carbocycles. The minimum Gasteiger partial charge on any atom is -0.368 e. The fourth-order valence-electron chi connectivity index (χ4n) is 4.56. The number of benzene rings is 2. The predicted octanol–water partition coefficient (Wildman–Crippen LogP) is 5.19. The van der Waals surface area contributed by atoms with Gasteiger partial charge in [0, 0.05) is 49.0 Å². The van der Waals surface area contributed by atoms with E-state index in [0.717, 1.165) is 56.6 Å². The Balaban J connectivity index is 1.29. The number of nitrogens with zero attached hydrogens (tertiary/aromatic N) is 2. The summed E-state index contributed by atoms with van der Waals surface area (Å²) in [6.07, 6.45) is 1.13. The smallest absolute Gasteiger partial charge is 0.368 e. The Morgan fingerprint density at radius 2 is 1.42 bits per heavy atom. The van der Waals surface area contributed by atoms with Gasteiger partial charge in [0.2, 0.25) is 5.91 Å². The Bertz CT molecular complexity index is 960. The van der Waals surface area contributed by atoms with Crippen LogP contribution in [0.25, 0.3) is 0 Å². The van der Waals surface area contributed by atoms with E-state index < -0.39 is 17.6 Å². The van der Waals surface area contributed by atoms with Crippen molar-refractivity contribution in [2.45, 2.75) is 38.3 Å². The number of rotatable bonds is 4. The van der Waals surface area contributed by atoms with Crippen LogP contribution in [0.5, 0.6) is 0 Å². The summed E-state index contributed by atoms with van der Waals surface area (Å²) in [6.45, 7) is 2.94. The van der Waals surface area contributed by atoms with Crippen molar-refractivity contribution in [2.24, 2.45) is 5.92 Å². The highest BCUT2D eigenvalue weighted by Gasteiger charge is 2.30. The van der Waals surface area contributed by atoms with E-state index in [4.69, 9.17) is 0 Å². The molecular weight excluding hydrogens is 431 g/mol. The first-order chi connectivity index (χ1) is 15.8. The molecule has 1 N–H and O–H groups in total. The van der Waals surface area contributed by atoms with Crippen molar-refractivity contribution in [1.82, 2.24) is 4.90 Å². The highest BCUT2D eigenvalue weighted by Crippen LogP contribution is 2.29. The lowest BCUT2D eigenvalue weighted by Gasteiger charge is -2.38. The number of carbonyl (C=O) groups is 2. The molecule has 2 fully saturated rings. The van der Waals surface area contributed by atoms with Crippen LogP contribution in [0.3, 0.4) is 0 Å². The van der Waals surface area contributed by atoms with Crippen LogP contribution < -0.4 is 10.2 Å². The second-order valence-corrected chi connectivity index (χ2v) is 8.72. The van der Waals surface area contributed by atoms with Crippen molar-refractivity contribution < 1.29 is 22.8 Å². The largest absolute Gasteiger partial charge is 0.416 e. The first-order valence-electron chi connectivity index (χ1n) is 11.4. The van der Waals surface area contributed by atoms with Crippen LogP contribution in [-0.2, 0) is 11.0 Å². The van der Waals surface area contributed by atoms with E-state index in [2.05, 4.69) is 10.2 Å². The molecule has 5 nitrogen and oxygen atoms in total. The number of hydrogen-bond donors (Lipinski definition) is 1. The summed E-state index contributed by atoms with van der Waals surface area (Å²) in [5.74, 6) is 0.0276. The summed E-state index contributed by atoms with van der Waals surface area (Å²) in [7, 11) is 0. The lowest BCUT2D eigenvalue weighted by atomic mass is 9.88. The third-order valence-electron chi connectivity index (χ3n) is 6.51. The third-order valence-corrected chi connectivity index (χ3v) is 6.51. The lowest BCUT2D eigenvalue weighted by Crippen LogP contribution is -2.50. The summed E-state index contributed by atoms with van der Waals surface area (Å²) in [5.41, 5.74) is 0.942. The van der Waals surface area contributed by atoms with E-state index in [1.165, 1.54) is 18.6 Å². The van der Waals surface area contributed by atoms with Crippen molar-refractivity contribution in [2.75, 3.05) is 36.4 Å². The Kier molecular flexibility index (Phi) is 6.91. The average Bonchev–Trinajstić information content (AvgIpc) is 2.84. The SMILES string of the molecule is O=C(Nc1ccc(N2CCN(C(=O)C3CCCCC3)CC2)cc1)c1ccc(C(F)(F)F)cc1. The van der Waals surface area contributed by atoms with Gasteiger partial charge < -0.3 is 15.1 Å². The molecule has 2 amide bonds. The molecule has 33 heavy (non-hydrogen) atoms. The zero-order chi connectivity index (χ0) is 23.4. The average molecular weight is 460 g/mol. The molecule has 1 aliphatic carbocycles. The van der Waals surface area contributed by atoms with Gasteiger partial charge in [-0.05, 0) is 61.4 Å². The Labute approximate surface area is 191 Å². The number of carbonyl (C=O) groups excluding carboxylic acids is 2. The molecule has 2 aliphatic rings. The Morgan fingerprint density at radius 1 is 0.818 bits per heavy atom. The standard InChI is InChI=1S/C25H28F3N3O2/c26-25(27,28)20-8-6-18(7-9-20)23(32)29-21-10-12-22(13-11-21)30-14-16-31(17-15-30)24(33)19-4-2-1-3-5-19/h6-13,19H,1-5,14-17H2,(H,29,32). The first-order valence-corrected chi connectivity index (χ1v) is 11.4. The van der Waals surface area contributed by atoms with Crippen molar-refractivity contribution in [1.29, 1.82) is 0 Å². The summed E-state index contributed by atoms with van der Waals surface area (Å²) < 4.78 is 38.0. The Morgan fingerprint density at radius 3 is 2.00 bits per heavy atom. The summed E-state index contributed by atoms with van der Waals surface area (Å²) in [4.78, 5) is 29.3. The summed E-state index contributed by atoms with van der Waals surface area (Å²) in [6, 6.07) is 11.5. The van der Waals surface area contributed by atoms with E-state index >= 15 is 0 Å². The molecule has 1 saturated heterocycles. The maximum Gasteiger partial charge on any atom is 0.416 e. The van der Waals surface area contributed by atoms with Crippen LogP contribution in [-0.4, -0.2) is 42.9 Å². The van der Waals surface area contributed by atoms with Gasteiger partial charge in [0.25, 0.3) is 5.91 Å². The molecule has 8 heteroatoms. The van der Waals surface area contributed by atoms with Crippen LogP contribution >= 0.6 is 0 Å². The molecule has 1 heterocycles. The number of hydrogen-bond acceptors (Lipinski definition) is 3. The van der Waals surface area contributed by atoms with Crippen molar-refractivity contribution in [3.05, 3.63) is 59.7 Å². The van der Waals surface area contributed by atoms with Crippen LogP contribution in [0.2, 0.25) is 0 Å². The van der Waals surface area contributed by atoms with Crippen molar-refractivity contribution >= 4 is 23.2 Å². The van der Waals surface area contributed by atoms with Crippen LogP contribution in [0.15, 0.2) is 48.5 Å². The second kappa shape index (κ2) is 9.85. The number of anilines is 2. The third kappa shape index (κ3) is 5.67. The molecule has 1 aliphatic heterocycles. The van der Waals surface area contributed by atoms with E-state index in [0.29, 0.717) is 24.7 Å². The van der Waals surface area contributed by atoms with Crippen LogP contribution in [0, 0.1) is 5.92 Å². The molecule has 0 unspecified atom stereocenters.